The zero-order valence-corrected chi connectivity index (χ0v) is 16.9. The summed E-state index contributed by atoms with van der Waals surface area (Å²) in [6.45, 7) is 6.05. The van der Waals surface area contributed by atoms with Crippen molar-refractivity contribution in [2.24, 2.45) is 11.8 Å². The minimum Gasteiger partial charge on any atom is -0.371 e. The van der Waals surface area contributed by atoms with Gasteiger partial charge < -0.3 is 9.80 Å². The smallest absolute Gasteiger partial charge is 0.272 e. The van der Waals surface area contributed by atoms with Crippen LogP contribution in [-0.4, -0.2) is 42.0 Å². The summed E-state index contributed by atoms with van der Waals surface area (Å²) in [4.78, 5) is 21.7. The van der Waals surface area contributed by atoms with Crippen molar-refractivity contribution in [3.8, 4) is 0 Å². The Morgan fingerprint density at radius 3 is 2.61 bits per heavy atom. The number of hydrogen-bond acceptors (Lipinski definition) is 3. The lowest BCUT2D eigenvalue weighted by atomic mass is 9.90. The number of benzene rings is 1. The maximum Gasteiger partial charge on any atom is 0.272 e. The Morgan fingerprint density at radius 1 is 1.07 bits per heavy atom. The molecule has 2 aliphatic heterocycles. The molecular formula is C24H31N3O. The SMILES string of the molecule is CC1CCCN(C(=O)c2cc(N3CCC(Cc4ccccc4)CC3)ccn2)C1. The molecule has 1 atom stereocenters. The molecule has 2 aliphatic rings. The van der Waals surface area contributed by atoms with E-state index in [0.29, 0.717) is 11.6 Å². The number of likely N-dealkylation sites (tertiary alicyclic amines) is 1. The van der Waals surface area contributed by atoms with Gasteiger partial charge in [0.15, 0.2) is 0 Å². The molecule has 0 radical (unpaired) electrons. The van der Waals surface area contributed by atoms with Crippen LogP contribution in [0.25, 0.3) is 0 Å². The summed E-state index contributed by atoms with van der Waals surface area (Å²) in [5.41, 5.74) is 3.17. The first-order valence-corrected chi connectivity index (χ1v) is 10.7. The fourth-order valence-corrected chi connectivity index (χ4v) is 4.61. The van der Waals surface area contributed by atoms with Crippen molar-refractivity contribution in [1.29, 1.82) is 0 Å². The van der Waals surface area contributed by atoms with Crippen LogP contribution in [0, 0.1) is 11.8 Å². The van der Waals surface area contributed by atoms with Gasteiger partial charge in [0.2, 0.25) is 0 Å². The van der Waals surface area contributed by atoms with Gasteiger partial charge in [-0.05, 0) is 61.6 Å². The Kier molecular flexibility index (Phi) is 5.94. The summed E-state index contributed by atoms with van der Waals surface area (Å²) in [5, 5.41) is 0. The van der Waals surface area contributed by atoms with Gasteiger partial charge in [-0.1, -0.05) is 37.3 Å². The molecule has 4 nitrogen and oxygen atoms in total. The molecule has 2 saturated heterocycles. The number of aromatic nitrogens is 1. The first kappa shape index (κ1) is 19.0. The van der Waals surface area contributed by atoms with E-state index in [9.17, 15) is 4.79 Å². The van der Waals surface area contributed by atoms with Crippen LogP contribution in [0.5, 0.6) is 0 Å². The van der Waals surface area contributed by atoms with Crippen LogP contribution in [-0.2, 0) is 6.42 Å². The molecule has 1 aromatic carbocycles. The van der Waals surface area contributed by atoms with E-state index in [1.54, 1.807) is 6.20 Å². The fourth-order valence-electron chi connectivity index (χ4n) is 4.61. The topological polar surface area (TPSA) is 36.4 Å². The molecule has 0 saturated carbocycles. The van der Waals surface area contributed by atoms with Crippen molar-refractivity contribution < 1.29 is 4.79 Å². The average Bonchev–Trinajstić information content (AvgIpc) is 2.75. The van der Waals surface area contributed by atoms with Gasteiger partial charge in [-0.25, -0.2) is 0 Å². The highest BCUT2D eigenvalue weighted by Crippen LogP contribution is 2.26. The molecular weight excluding hydrogens is 346 g/mol. The van der Waals surface area contributed by atoms with E-state index in [4.69, 9.17) is 0 Å². The third-order valence-electron chi connectivity index (χ3n) is 6.25. The molecule has 3 heterocycles. The highest BCUT2D eigenvalue weighted by Gasteiger charge is 2.24. The number of hydrogen-bond donors (Lipinski definition) is 0. The van der Waals surface area contributed by atoms with E-state index in [0.717, 1.165) is 44.2 Å². The molecule has 0 N–H and O–H groups in total. The zero-order chi connectivity index (χ0) is 19.3. The van der Waals surface area contributed by atoms with Gasteiger partial charge in [-0.2, -0.15) is 0 Å². The Labute approximate surface area is 168 Å². The Hall–Kier alpha value is -2.36. The quantitative estimate of drug-likeness (QED) is 0.792. The van der Waals surface area contributed by atoms with Gasteiger partial charge in [0.25, 0.3) is 5.91 Å². The van der Waals surface area contributed by atoms with Crippen LogP contribution in [0.15, 0.2) is 48.7 Å². The van der Waals surface area contributed by atoms with Gasteiger partial charge in [0.1, 0.15) is 5.69 Å². The Bertz CT molecular complexity index is 783. The number of carbonyl (C=O) groups excluding carboxylic acids is 1. The van der Waals surface area contributed by atoms with Gasteiger partial charge in [0, 0.05) is 38.1 Å². The number of carbonyl (C=O) groups is 1. The lowest BCUT2D eigenvalue weighted by Gasteiger charge is -2.34. The number of anilines is 1. The van der Waals surface area contributed by atoms with Crippen molar-refractivity contribution in [3.63, 3.8) is 0 Å². The maximum atomic E-state index is 12.9. The zero-order valence-electron chi connectivity index (χ0n) is 16.9. The molecule has 0 spiro atoms. The standard InChI is InChI=1S/C24H31N3O/c1-19-6-5-13-27(18-19)24(28)23-17-22(9-12-25-23)26-14-10-21(11-15-26)16-20-7-3-2-4-8-20/h2-4,7-9,12,17,19,21H,5-6,10-11,13-16,18H2,1H3. The second kappa shape index (κ2) is 8.76. The Morgan fingerprint density at radius 2 is 1.86 bits per heavy atom. The van der Waals surface area contributed by atoms with E-state index >= 15 is 0 Å². The van der Waals surface area contributed by atoms with Gasteiger partial charge in [0.05, 0.1) is 0 Å². The number of rotatable bonds is 4. The second-order valence-corrected chi connectivity index (χ2v) is 8.52. The number of amides is 1. The van der Waals surface area contributed by atoms with Crippen LogP contribution in [0.1, 0.15) is 48.7 Å². The minimum atomic E-state index is 0.0902. The molecule has 1 amide bonds. The van der Waals surface area contributed by atoms with E-state index in [-0.39, 0.29) is 5.91 Å². The van der Waals surface area contributed by atoms with Crippen molar-refractivity contribution in [2.75, 3.05) is 31.1 Å². The third-order valence-corrected chi connectivity index (χ3v) is 6.25. The molecule has 1 unspecified atom stereocenters. The summed E-state index contributed by atoms with van der Waals surface area (Å²) < 4.78 is 0. The van der Waals surface area contributed by atoms with Crippen LogP contribution >= 0.6 is 0 Å². The fraction of sp³-hybridized carbons (Fsp3) is 0.500. The normalized spacial score (nSPS) is 21.0. The van der Waals surface area contributed by atoms with Gasteiger partial charge >= 0.3 is 0 Å². The van der Waals surface area contributed by atoms with E-state index in [1.807, 2.05) is 17.0 Å². The van der Waals surface area contributed by atoms with E-state index < -0.39 is 0 Å². The highest BCUT2D eigenvalue weighted by atomic mass is 16.2. The van der Waals surface area contributed by atoms with Crippen molar-refractivity contribution in [1.82, 2.24) is 9.88 Å². The Balaban J connectivity index is 1.36. The predicted molar refractivity (Wildman–Crippen MR) is 114 cm³/mol. The number of pyridine rings is 1. The monoisotopic (exact) mass is 377 g/mol. The van der Waals surface area contributed by atoms with Crippen molar-refractivity contribution in [2.45, 2.75) is 39.0 Å². The summed E-state index contributed by atoms with van der Waals surface area (Å²) in [6.07, 6.45) is 7.68. The second-order valence-electron chi connectivity index (χ2n) is 8.52. The van der Waals surface area contributed by atoms with Crippen LogP contribution in [0.2, 0.25) is 0 Å². The summed E-state index contributed by atoms with van der Waals surface area (Å²) >= 11 is 0. The molecule has 28 heavy (non-hydrogen) atoms. The highest BCUT2D eigenvalue weighted by molar-refractivity contribution is 5.93. The largest absolute Gasteiger partial charge is 0.371 e. The van der Waals surface area contributed by atoms with Crippen LogP contribution in [0.3, 0.4) is 0 Å². The molecule has 0 bridgehead atoms. The maximum absolute atomic E-state index is 12.9. The van der Waals surface area contributed by atoms with Crippen molar-refractivity contribution in [3.05, 3.63) is 59.9 Å². The number of nitrogens with zero attached hydrogens (tertiary/aromatic N) is 3. The summed E-state index contributed by atoms with van der Waals surface area (Å²) in [5.74, 6) is 1.42. The van der Waals surface area contributed by atoms with E-state index in [1.165, 1.54) is 31.2 Å². The molecule has 148 valence electrons. The van der Waals surface area contributed by atoms with Gasteiger partial charge in [-0.3, -0.25) is 9.78 Å². The first-order chi connectivity index (χ1) is 13.7. The lowest BCUT2D eigenvalue weighted by molar-refractivity contribution is 0.0677. The van der Waals surface area contributed by atoms with E-state index in [2.05, 4.69) is 47.1 Å². The predicted octanol–water partition coefficient (Wildman–Crippen LogP) is 4.41. The minimum absolute atomic E-state index is 0.0902. The molecule has 0 aliphatic carbocycles. The third kappa shape index (κ3) is 4.54. The molecule has 2 fully saturated rings. The van der Waals surface area contributed by atoms with Crippen molar-refractivity contribution >= 4 is 11.6 Å². The molecule has 4 rings (SSSR count). The first-order valence-electron chi connectivity index (χ1n) is 10.7. The van der Waals surface area contributed by atoms with Crippen LogP contribution in [0.4, 0.5) is 5.69 Å². The average molecular weight is 378 g/mol. The molecule has 2 aromatic rings. The lowest BCUT2D eigenvalue weighted by Crippen LogP contribution is -2.39. The molecule has 4 heteroatoms. The van der Waals surface area contributed by atoms with Crippen LogP contribution < -0.4 is 4.90 Å². The summed E-state index contributed by atoms with van der Waals surface area (Å²) in [6, 6.07) is 14.8. The summed E-state index contributed by atoms with van der Waals surface area (Å²) in [7, 11) is 0. The van der Waals surface area contributed by atoms with Gasteiger partial charge in [-0.15, -0.1) is 0 Å². The number of piperidine rings is 2. The molecule has 1 aromatic heterocycles.